The van der Waals surface area contributed by atoms with Crippen molar-refractivity contribution in [1.82, 2.24) is 0 Å². The Bertz CT molecular complexity index is 1090. The second-order valence-corrected chi connectivity index (χ2v) is 15.9. The Labute approximate surface area is 236 Å². The zero-order valence-corrected chi connectivity index (χ0v) is 25.8. The van der Waals surface area contributed by atoms with E-state index in [2.05, 4.69) is 47.6 Å². The highest BCUT2D eigenvalue weighted by Crippen LogP contribution is 2.75. The summed E-state index contributed by atoms with van der Waals surface area (Å²) < 4.78 is 11.4. The van der Waals surface area contributed by atoms with E-state index >= 15 is 0 Å². The van der Waals surface area contributed by atoms with Gasteiger partial charge in [0.1, 0.15) is 5.78 Å². The van der Waals surface area contributed by atoms with Crippen LogP contribution in [0, 0.1) is 50.2 Å². The lowest BCUT2D eigenvalue weighted by Crippen LogP contribution is -2.64. The van der Waals surface area contributed by atoms with Gasteiger partial charge in [-0.2, -0.15) is 0 Å². The van der Waals surface area contributed by atoms with Crippen molar-refractivity contribution in [3.05, 3.63) is 11.6 Å². The smallest absolute Gasteiger partial charge is 0.302 e. The van der Waals surface area contributed by atoms with Crippen molar-refractivity contribution in [2.45, 2.75) is 120 Å². The van der Waals surface area contributed by atoms with Crippen LogP contribution in [0.4, 0.5) is 0 Å². The molecule has 8 atom stereocenters. The fraction of sp³-hybridized carbons (Fsp3) is 0.853. The van der Waals surface area contributed by atoms with Gasteiger partial charge in [0.15, 0.2) is 0 Å². The van der Waals surface area contributed by atoms with Crippen LogP contribution in [-0.4, -0.2) is 30.9 Å². The zero-order chi connectivity index (χ0) is 28.6. The van der Waals surface area contributed by atoms with Crippen molar-refractivity contribution in [2.24, 2.45) is 50.2 Å². The molecule has 0 aromatic carbocycles. The lowest BCUT2D eigenvalue weighted by Gasteiger charge is -2.71. The summed E-state index contributed by atoms with van der Waals surface area (Å²) in [5.74, 6) is 1.35. The monoisotopic (exact) mass is 540 g/mol. The largest absolute Gasteiger partial charge is 0.465 e. The van der Waals surface area contributed by atoms with E-state index in [-0.39, 0.29) is 44.4 Å². The Morgan fingerprint density at radius 3 is 2.15 bits per heavy atom. The van der Waals surface area contributed by atoms with Crippen LogP contribution in [0.2, 0.25) is 0 Å². The molecule has 4 saturated carbocycles. The molecular weight excluding hydrogens is 488 g/mol. The number of carbonyl (C=O) groups excluding carboxylic acids is 3. The molecule has 5 nitrogen and oxygen atoms in total. The molecule has 39 heavy (non-hydrogen) atoms. The molecule has 0 radical (unpaired) electrons. The molecule has 0 aromatic rings. The minimum Gasteiger partial charge on any atom is -0.465 e. The van der Waals surface area contributed by atoms with E-state index in [1.165, 1.54) is 13.8 Å². The summed E-state index contributed by atoms with van der Waals surface area (Å²) in [7, 11) is 0. The molecule has 0 spiro atoms. The number of ketones is 1. The second-order valence-electron chi connectivity index (χ2n) is 15.9. The molecule has 5 aliphatic carbocycles. The Morgan fingerprint density at radius 2 is 1.49 bits per heavy atom. The number of fused-ring (bicyclic) bond motifs is 7. The fourth-order valence-corrected chi connectivity index (χ4v) is 11.0. The predicted octanol–water partition coefficient (Wildman–Crippen LogP) is 7.46. The molecule has 5 aliphatic rings. The summed E-state index contributed by atoms with van der Waals surface area (Å²) in [5, 5.41) is 0. The van der Waals surface area contributed by atoms with Crippen molar-refractivity contribution >= 4 is 17.7 Å². The van der Waals surface area contributed by atoms with Gasteiger partial charge >= 0.3 is 11.9 Å². The van der Waals surface area contributed by atoms with Crippen LogP contribution < -0.4 is 0 Å². The zero-order valence-electron chi connectivity index (χ0n) is 25.8. The number of allylic oxidation sites excluding steroid dienone is 2. The van der Waals surface area contributed by atoms with Crippen LogP contribution in [-0.2, 0) is 23.9 Å². The number of hydrogen-bond acceptors (Lipinski definition) is 5. The van der Waals surface area contributed by atoms with E-state index in [1.807, 2.05) is 0 Å². The summed E-state index contributed by atoms with van der Waals surface area (Å²) in [6.45, 7) is 18.3. The SMILES string of the molecule is CC(=O)OC[C@]1(C)CC[C@]2(COC(C)=O)CC[C@]3(C)C(=CC[C@@H]4[C@@]5(C)CCC(=O)C(C)(C)[C@@H]5CC[C@]43C)[C@@H]2C1. The highest BCUT2D eigenvalue weighted by Gasteiger charge is 2.68. The number of hydrogen-bond donors (Lipinski definition) is 0. The Morgan fingerprint density at radius 1 is 0.846 bits per heavy atom. The molecule has 0 aromatic heterocycles. The van der Waals surface area contributed by atoms with E-state index in [4.69, 9.17) is 9.47 Å². The number of Topliss-reactive ketones (excluding diaryl/α,β-unsaturated/α-hetero) is 1. The minimum atomic E-state index is -0.243. The van der Waals surface area contributed by atoms with Crippen LogP contribution in [0.5, 0.6) is 0 Å². The average molecular weight is 541 g/mol. The molecule has 4 fully saturated rings. The van der Waals surface area contributed by atoms with Gasteiger partial charge in [-0.3, -0.25) is 14.4 Å². The van der Waals surface area contributed by atoms with Crippen LogP contribution in [0.1, 0.15) is 120 Å². The molecule has 0 N–H and O–H groups in total. The number of esters is 2. The summed E-state index contributed by atoms with van der Waals surface area (Å²) >= 11 is 0. The van der Waals surface area contributed by atoms with Crippen molar-refractivity contribution in [2.75, 3.05) is 13.2 Å². The molecule has 0 unspecified atom stereocenters. The third-order valence-corrected chi connectivity index (χ3v) is 13.6. The molecule has 5 heteroatoms. The van der Waals surface area contributed by atoms with Gasteiger partial charge in [-0.25, -0.2) is 0 Å². The first-order chi connectivity index (χ1) is 18.0. The first kappa shape index (κ1) is 28.9. The van der Waals surface area contributed by atoms with Crippen molar-refractivity contribution in [3.63, 3.8) is 0 Å². The van der Waals surface area contributed by atoms with Gasteiger partial charge in [-0.15, -0.1) is 0 Å². The highest BCUT2D eigenvalue weighted by molar-refractivity contribution is 5.85. The van der Waals surface area contributed by atoms with Crippen molar-refractivity contribution in [1.29, 1.82) is 0 Å². The van der Waals surface area contributed by atoms with Gasteiger partial charge in [0.05, 0.1) is 13.2 Å². The molecule has 0 amide bonds. The summed E-state index contributed by atoms with van der Waals surface area (Å²) in [6, 6.07) is 0. The molecule has 0 saturated heterocycles. The fourth-order valence-electron chi connectivity index (χ4n) is 11.0. The Kier molecular flexibility index (Phi) is 6.79. The van der Waals surface area contributed by atoms with Crippen molar-refractivity contribution in [3.8, 4) is 0 Å². The molecule has 0 heterocycles. The summed E-state index contributed by atoms with van der Waals surface area (Å²) in [5.41, 5.74) is 1.61. The lowest BCUT2D eigenvalue weighted by molar-refractivity contribution is -0.189. The Balaban J connectivity index is 1.55. The molecule has 0 aliphatic heterocycles. The second kappa shape index (κ2) is 9.18. The Hall–Kier alpha value is -1.65. The highest BCUT2D eigenvalue weighted by atomic mass is 16.5. The van der Waals surface area contributed by atoms with Gasteiger partial charge in [0.25, 0.3) is 0 Å². The normalized spacial score (nSPS) is 46.5. The standard InChI is InChI=1S/C34H52O5/c1-22(35)38-20-30(5)15-17-34(21-39-23(2)36)18-16-32(7)24(25(34)19-30)9-10-27-31(6)13-12-28(37)29(3,4)26(31)11-14-33(27,32)8/h9,25-27H,10-21H2,1-8H3/t25-,26-,27+,30+,31-,32+,33+,34+/m0/s1. The number of rotatable bonds is 4. The van der Waals surface area contributed by atoms with Gasteiger partial charge < -0.3 is 9.47 Å². The third kappa shape index (κ3) is 4.18. The van der Waals surface area contributed by atoms with Gasteiger partial charge in [0, 0.05) is 36.5 Å². The van der Waals surface area contributed by atoms with E-state index in [0.29, 0.717) is 43.2 Å². The maximum Gasteiger partial charge on any atom is 0.302 e. The minimum absolute atomic E-state index is 0.0453. The maximum absolute atomic E-state index is 13.0. The van der Waals surface area contributed by atoms with Crippen molar-refractivity contribution < 1.29 is 23.9 Å². The van der Waals surface area contributed by atoms with Crippen LogP contribution >= 0.6 is 0 Å². The molecular formula is C34H52O5. The van der Waals surface area contributed by atoms with Gasteiger partial charge in [-0.1, -0.05) is 53.2 Å². The van der Waals surface area contributed by atoms with E-state index in [9.17, 15) is 14.4 Å². The number of ether oxygens (including phenoxy) is 2. The molecule has 0 bridgehead atoms. The quantitative estimate of drug-likeness (QED) is 0.273. The van der Waals surface area contributed by atoms with Crippen LogP contribution in [0.15, 0.2) is 11.6 Å². The van der Waals surface area contributed by atoms with Crippen LogP contribution in [0.25, 0.3) is 0 Å². The molecule has 5 rings (SSSR count). The van der Waals surface area contributed by atoms with E-state index in [1.54, 1.807) is 5.57 Å². The number of carbonyl (C=O) groups is 3. The summed E-state index contributed by atoms with van der Waals surface area (Å²) in [4.78, 5) is 36.7. The van der Waals surface area contributed by atoms with E-state index in [0.717, 1.165) is 57.8 Å². The maximum atomic E-state index is 13.0. The van der Waals surface area contributed by atoms with Gasteiger partial charge in [0.2, 0.25) is 0 Å². The first-order valence-corrected chi connectivity index (χ1v) is 15.5. The van der Waals surface area contributed by atoms with Gasteiger partial charge in [-0.05, 0) is 91.8 Å². The first-order valence-electron chi connectivity index (χ1n) is 15.5. The summed E-state index contributed by atoms with van der Waals surface area (Å²) in [6.07, 6.45) is 12.8. The topological polar surface area (TPSA) is 69.7 Å². The van der Waals surface area contributed by atoms with Crippen LogP contribution in [0.3, 0.4) is 0 Å². The predicted molar refractivity (Wildman–Crippen MR) is 152 cm³/mol. The third-order valence-electron chi connectivity index (χ3n) is 13.6. The lowest BCUT2D eigenvalue weighted by atomic mass is 9.33. The average Bonchev–Trinajstić information content (AvgIpc) is 2.85. The molecule has 218 valence electrons. The van der Waals surface area contributed by atoms with E-state index < -0.39 is 0 Å².